The van der Waals surface area contributed by atoms with Gasteiger partial charge < -0.3 is 25.6 Å². The van der Waals surface area contributed by atoms with Crippen molar-refractivity contribution in [2.75, 3.05) is 13.7 Å². The number of amides is 1. The molecule has 0 bridgehead atoms. The molecule has 0 radical (unpaired) electrons. The van der Waals surface area contributed by atoms with E-state index in [4.69, 9.17) is 10.8 Å². The van der Waals surface area contributed by atoms with Gasteiger partial charge in [0.15, 0.2) is 6.04 Å². The number of aliphatic carboxylic acids is 1. The van der Waals surface area contributed by atoms with Gasteiger partial charge >= 0.3 is 11.9 Å². The molecular weight excluding hydrogens is 292 g/mol. The number of methoxy groups -OCH3 is 1. The van der Waals surface area contributed by atoms with Crippen molar-refractivity contribution >= 4 is 17.8 Å². The number of esters is 1. The molecule has 126 valence electrons. The van der Waals surface area contributed by atoms with Crippen LogP contribution in [0.1, 0.15) is 38.5 Å². The molecule has 1 aliphatic rings. The quantitative estimate of drug-likeness (QED) is 0.539. The number of carbonyl (C=O) groups excluding carboxylic acids is 2. The van der Waals surface area contributed by atoms with Crippen molar-refractivity contribution in [3.63, 3.8) is 0 Å². The van der Waals surface area contributed by atoms with E-state index in [2.05, 4.69) is 4.74 Å². The summed E-state index contributed by atoms with van der Waals surface area (Å²) in [6.45, 7) is -0.589. The minimum Gasteiger partial charge on any atom is -0.481 e. The molecule has 1 aliphatic carbocycles. The summed E-state index contributed by atoms with van der Waals surface area (Å²) >= 11 is 0. The third-order valence-electron chi connectivity index (χ3n) is 3.92. The van der Waals surface area contributed by atoms with Gasteiger partial charge in [0.2, 0.25) is 5.91 Å². The Kier molecular flexibility index (Phi) is 7.26. The maximum atomic E-state index is 12.5. The molecule has 0 aromatic carbocycles. The predicted molar refractivity (Wildman–Crippen MR) is 76.8 cm³/mol. The summed E-state index contributed by atoms with van der Waals surface area (Å²) in [7, 11) is 1.17. The fourth-order valence-electron chi connectivity index (χ4n) is 2.83. The number of aliphatic hydroxyl groups excluding tert-OH is 1. The molecule has 0 saturated heterocycles. The minimum atomic E-state index is -1.25. The molecule has 0 aliphatic heterocycles. The van der Waals surface area contributed by atoms with Gasteiger partial charge in [-0.1, -0.05) is 19.3 Å². The summed E-state index contributed by atoms with van der Waals surface area (Å²) in [6.07, 6.45) is 3.71. The van der Waals surface area contributed by atoms with Crippen LogP contribution in [-0.4, -0.2) is 64.8 Å². The van der Waals surface area contributed by atoms with Crippen LogP contribution in [0.4, 0.5) is 0 Å². The zero-order valence-electron chi connectivity index (χ0n) is 12.7. The van der Waals surface area contributed by atoms with E-state index < -0.39 is 43.0 Å². The molecular formula is C14H24N2O6. The van der Waals surface area contributed by atoms with Crippen molar-refractivity contribution < 1.29 is 29.3 Å². The Balaban J connectivity index is 3.00. The van der Waals surface area contributed by atoms with Crippen molar-refractivity contribution in [3.05, 3.63) is 0 Å². The third kappa shape index (κ3) is 4.67. The van der Waals surface area contributed by atoms with E-state index in [0.717, 1.165) is 19.3 Å². The highest BCUT2D eigenvalue weighted by atomic mass is 16.5. The van der Waals surface area contributed by atoms with Crippen molar-refractivity contribution in [1.29, 1.82) is 0 Å². The number of hydrogen-bond donors (Lipinski definition) is 3. The van der Waals surface area contributed by atoms with E-state index >= 15 is 0 Å². The Morgan fingerprint density at radius 1 is 1.27 bits per heavy atom. The number of hydrogen-bond acceptors (Lipinski definition) is 6. The Morgan fingerprint density at radius 2 is 1.86 bits per heavy atom. The van der Waals surface area contributed by atoms with Crippen LogP contribution in [0.5, 0.6) is 0 Å². The molecule has 0 spiro atoms. The number of nitrogens with zero attached hydrogens (tertiary/aromatic N) is 1. The average Bonchev–Trinajstić information content (AvgIpc) is 2.51. The molecule has 4 N–H and O–H groups in total. The van der Waals surface area contributed by atoms with Gasteiger partial charge in [0.1, 0.15) is 0 Å². The molecule has 0 heterocycles. The lowest BCUT2D eigenvalue weighted by Gasteiger charge is -2.39. The highest BCUT2D eigenvalue weighted by Crippen LogP contribution is 2.25. The first-order chi connectivity index (χ1) is 10.4. The molecule has 1 rings (SSSR count). The second kappa shape index (κ2) is 8.70. The summed E-state index contributed by atoms with van der Waals surface area (Å²) in [4.78, 5) is 36.3. The van der Waals surface area contributed by atoms with Crippen molar-refractivity contribution in [2.24, 2.45) is 5.73 Å². The molecule has 8 heteroatoms. The summed E-state index contributed by atoms with van der Waals surface area (Å²) in [6, 6.07) is -2.64. The molecule has 8 nitrogen and oxygen atoms in total. The van der Waals surface area contributed by atoms with E-state index in [1.54, 1.807) is 0 Å². The average molecular weight is 316 g/mol. The summed E-state index contributed by atoms with van der Waals surface area (Å²) in [5.41, 5.74) is 5.65. The van der Waals surface area contributed by atoms with Crippen LogP contribution >= 0.6 is 0 Å². The zero-order chi connectivity index (χ0) is 16.7. The van der Waals surface area contributed by atoms with Crippen LogP contribution in [0, 0.1) is 0 Å². The van der Waals surface area contributed by atoms with Gasteiger partial charge in [-0.3, -0.25) is 9.59 Å². The lowest BCUT2D eigenvalue weighted by atomic mass is 9.92. The molecule has 0 aromatic heterocycles. The van der Waals surface area contributed by atoms with E-state index in [1.165, 1.54) is 12.0 Å². The van der Waals surface area contributed by atoms with Gasteiger partial charge in [0.25, 0.3) is 0 Å². The monoisotopic (exact) mass is 316 g/mol. The predicted octanol–water partition coefficient (Wildman–Crippen LogP) is -0.516. The second-order valence-electron chi connectivity index (χ2n) is 5.46. The maximum absolute atomic E-state index is 12.5. The molecule has 1 amide bonds. The van der Waals surface area contributed by atoms with Gasteiger partial charge in [-0.2, -0.15) is 0 Å². The fraction of sp³-hybridized carbons (Fsp3) is 0.786. The first-order valence-corrected chi connectivity index (χ1v) is 7.40. The summed E-state index contributed by atoms with van der Waals surface area (Å²) < 4.78 is 4.64. The van der Waals surface area contributed by atoms with E-state index in [0.29, 0.717) is 12.8 Å². The maximum Gasteiger partial charge on any atom is 0.331 e. The number of aliphatic hydroxyl groups is 1. The van der Waals surface area contributed by atoms with Gasteiger partial charge in [-0.05, 0) is 12.8 Å². The molecule has 1 fully saturated rings. The zero-order valence-corrected chi connectivity index (χ0v) is 12.7. The number of ether oxygens (including phenoxy) is 1. The molecule has 0 unspecified atom stereocenters. The summed E-state index contributed by atoms with van der Waals surface area (Å²) in [5, 5.41) is 18.3. The normalized spacial score (nSPS) is 18.3. The largest absolute Gasteiger partial charge is 0.481 e. The first kappa shape index (κ1) is 18.4. The Morgan fingerprint density at radius 3 is 2.32 bits per heavy atom. The number of nitrogens with two attached hydrogens (primary N) is 1. The Bertz CT molecular complexity index is 408. The Labute approximate surface area is 129 Å². The number of rotatable bonds is 7. The van der Waals surface area contributed by atoms with Crippen LogP contribution in [0.15, 0.2) is 0 Å². The topological polar surface area (TPSA) is 130 Å². The van der Waals surface area contributed by atoms with Crippen molar-refractivity contribution in [1.82, 2.24) is 4.90 Å². The number of carboxylic acid groups (broad SMARTS) is 1. The summed E-state index contributed by atoms with van der Waals surface area (Å²) in [5.74, 6) is -2.56. The van der Waals surface area contributed by atoms with Gasteiger partial charge in [0.05, 0.1) is 26.2 Å². The van der Waals surface area contributed by atoms with Gasteiger partial charge in [-0.15, -0.1) is 0 Å². The lowest BCUT2D eigenvalue weighted by molar-refractivity contribution is -0.158. The highest BCUT2D eigenvalue weighted by molar-refractivity contribution is 5.90. The first-order valence-electron chi connectivity index (χ1n) is 7.40. The van der Waals surface area contributed by atoms with E-state index in [9.17, 15) is 19.5 Å². The molecule has 1 saturated carbocycles. The van der Waals surface area contributed by atoms with E-state index in [-0.39, 0.29) is 6.04 Å². The standard InChI is InChI=1S/C14H24N2O6/c1-22-14(21)11(8-17)16(9-5-3-2-4-6-9)13(20)10(15)7-12(18)19/h9-11,17H,2-8,15H2,1H3,(H,18,19)/t10-,11-/m0/s1. The van der Waals surface area contributed by atoms with Crippen LogP contribution in [-0.2, 0) is 19.1 Å². The van der Waals surface area contributed by atoms with Crippen LogP contribution in [0.25, 0.3) is 0 Å². The number of carboxylic acids is 1. The highest BCUT2D eigenvalue weighted by Gasteiger charge is 2.38. The third-order valence-corrected chi connectivity index (χ3v) is 3.92. The SMILES string of the molecule is COC(=O)[C@H](CO)N(C(=O)[C@@H](N)CC(=O)O)C1CCCCC1. The molecule has 2 atom stereocenters. The molecule has 0 aromatic rings. The second-order valence-corrected chi connectivity index (χ2v) is 5.46. The van der Waals surface area contributed by atoms with Gasteiger partial charge in [-0.25, -0.2) is 4.79 Å². The van der Waals surface area contributed by atoms with Crippen molar-refractivity contribution in [3.8, 4) is 0 Å². The smallest absolute Gasteiger partial charge is 0.331 e. The van der Waals surface area contributed by atoms with E-state index in [1.807, 2.05) is 0 Å². The fourth-order valence-corrected chi connectivity index (χ4v) is 2.83. The Hall–Kier alpha value is -1.67. The minimum absolute atomic E-state index is 0.239. The van der Waals surface area contributed by atoms with Crippen LogP contribution in [0.3, 0.4) is 0 Å². The van der Waals surface area contributed by atoms with Crippen molar-refractivity contribution in [2.45, 2.75) is 56.7 Å². The van der Waals surface area contributed by atoms with Crippen LogP contribution in [0.2, 0.25) is 0 Å². The van der Waals surface area contributed by atoms with Crippen LogP contribution < -0.4 is 5.73 Å². The number of carbonyl (C=O) groups is 3. The van der Waals surface area contributed by atoms with Gasteiger partial charge in [0, 0.05) is 6.04 Å². The lowest BCUT2D eigenvalue weighted by Crippen LogP contribution is -2.58. The molecule has 22 heavy (non-hydrogen) atoms.